The Morgan fingerprint density at radius 3 is 2.46 bits per heavy atom. The minimum absolute atomic E-state index is 0.0578. The van der Waals surface area contributed by atoms with Gasteiger partial charge in [0.25, 0.3) is 0 Å². The molecule has 0 spiro atoms. The van der Waals surface area contributed by atoms with E-state index in [1.807, 2.05) is 4.90 Å². The van der Waals surface area contributed by atoms with Crippen molar-refractivity contribution in [2.24, 2.45) is 0 Å². The Hall–Kier alpha value is -1.29. The van der Waals surface area contributed by atoms with Crippen molar-refractivity contribution in [1.82, 2.24) is 14.3 Å². The molecule has 1 aliphatic rings. The van der Waals surface area contributed by atoms with Crippen molar-refractivity contribution in [2.75, 3.05) is 31.1 Å². The molecule has 3 rings (SSSR count). The maximum Gasteiger partial charge on any atom is 0.244 e. The van der Waals surface area contributed by atoms with E-state index >= 15 is 0 Å². The Kier molecular flexibility index (Phi) is 5.05. The van der Waals surface area contributed by atoms with Crippen molar-refractivity contribution in [3.05, 3.63) is 46.0 Å². The molecule has 10 heteroatoms. The largest absolute Gasteiger partial charge is 0.354 e. The van der Waals surface area contributed by atoms with Crippen LogP contribution in [0.3, 0.4) is 0 Å². The fraction of sp³-hybridized carbons (Fsp3) is 0.286. The van der Waals surface area contributed by atoms with Crippen LogP contribution in [0.2, 0.25) is 5.15 Å². The summed E-state index contributed by atoms with van der Waals surface area (Å²) in [7, 11) is -3.69. The summed E-state index contributed by atoms with van der Waals surface area (Å²) in [5.41, 5.74) is 0. The lowest BCUT2D eigenvalue weighted by atomic mass is 10.3. The highest BCUT2D eigenvalue weighted by Gasteiger charge is 2.30. The van der Waals surface area contributed by atoms with Gasteiger partial charge in [-0.1, -0.05) is 11.6 Å². The summed E-state index contributed by atoms with van der Waals surface area (Å²) in [6, 6.07) is 5.19. The number of sulfonamides is 1. The molecule has 0 atom stereocenters. The second kappa shape index (κ2) is 6.91. The van der Waals surface area contributed by atoms with Crippen molar-refractivity contribution in [3.63, 3.8) is 0 Å². The molecule has 2 heterocycles. The van der Waals surface area contributed by atoms with Crippen LogP contribution >= 0.6 is 27.5 Å². The maximum absolute atomic E-state index is 13.2. The first-order valence-corrected chi connectivity index (χ1v) is 9.67. The standard InChI is InChI=1S/C14H13BrClFN4O2S/c15-11-7-10(17)1-2-12(11)24(22,23)21-5-3-20(4-6-21)14-8-13(16)18-9-19-14/h1-2,7-9H,3-6H2. The summed E-state index contributed by atoms with van der Waals surface area (Å²) >= 11 is 8.97. The first-order chi connectivity index (χ1) is 11.4. The van der Waals surface area contributed by atoms with Gasteiger partial charge in [-0.3, -0.25) is 0 Å². The molecular formula is C14H13BrClFN4O2S. The van der Waals surface area contributed by atoms with Gasteiger partial charge in [-0.2, -0.15) is 4.31 Å². The molecule has 1 saturated heterocycles. The smallest absolute Gasteiger partial charge is 0.244 e. The van der Waals surface area contributed by atoms with Crippen LogP contribution in [0.25, 0.3) is 0 Å². The average Bonchev–Trinajstić information content (AvgIpc) is 2.54. The molecule has 1 fully saturated rings. The fourth-order valence-electron chi connectivity index (χ4n) is 2.48. The van der Waals surface area contributed by atoms with E-state index in [2.05, 4.69) is 25.9 Å². The van der Waals surface area contributed by atoms with Crippen molar-refractivity contribution in [2.45, 2.75) is 4.90 Å². The molecule has 1 aliphatic heterocycles. The van der Waals surface area contributed by atoms with Gasteiger partial charge in [0.05, 0.1) is 4.90 Å². The Morgan fingerprint density at radius 1 is 1.12 bits per heavy atom. The van der Waals surface area contributed by atoms with Gasteiger partial charge in [0.2, 0.25) is 10.0 Å². The second-order valence-electron chi connectivity index (χ2n) is 5.16. The van der Waals surface area contributed by atoms with Crippen LogP contribution in [-0.4, -0.2) is 48.9 Å². The van der Waals surface area contributed by atoms with E-state index in [4.69, 9.17) is 11.6 Å². The van der Waals surface area contributed by atoms with Crippen molar-refractivity contribution in [3.8, 4) is 0 Å². The first-order valence-electron chi connectivity index (χ1n) is 7.05. The molecule has 6 nitrogen and oxygen atoms in total. The Bertz CT molecular complexity index is 860. The van der Waals surface area contributed by atoms with Gasteiger partial charge >= 0.3 is 0 Å². The predicted octanol–water partition coefficient (Wildman–Crippen LogP) is 2.54. The Balaban J connectivity index is 1.76. The third-order valence-electron chi connectivity index (χ3n) is 3.69. The topological polar surface area (TPSA) is 66.4 Å². The van der Waals surface area contributed by atoms with E-state index in [-0.39, 0.29) is 9.37 Å². The molecule has 0 amide bonds. The van der Waals surface area contributed by atoms with Crippen LogP contribution in [0, 0.1) is 5.82 Å². The molecule has 0 bridgehead atoms. The molecule has 0 N–H and O–H groups in total. The zero-order valence-electron chi connectivity index (χ0n) is 12.4. The van der Waals surface area contributed by atoms with Crippen molar-refractivity contribution < 1.29 is 12.8 Å². The lowest BCUT2D eigenvalue weighted by Crippen LogP contribution is -2.49. The average molecular weight is 436 g/mol. The van der Waals surface area contributed by atoms with Crippen LogP contribution in [0.5, 0.6) is 0 Å². The number of hydrogen-bond donors (Lipinski definition) is 0. The highest BCUT2D eigenvalue weighted by molar-refractivity contribution is 9.10. The van der Waals surface area contributed by atoms with E-state index in [1.54, 1.807) is 6.07 Å². The zero-order chi connectivity index (χ0) is 17.3. The Morgan fingerprint density at radius 2 is 1.83 bits per heavy atom. The lowest BCUT2D eigenvalue weighted by Gasteiger charge is -2.34. The molecular weight excluding hydrogens is 423 g/mol. The Labute approximate surface area is 152 Å². The molecule has 1 aromatic heterocycles. The number of rotatable bonds is 3. The molecule has 0 radical (unpaired) electrons. The molecule has 0 aliphatic carbocycles. The van der Waals surface area contributed by atoms with Crippen LogP contribution in [-0.2, 0) is 10.0 Å². The van der Waals surface area contributed by atoms with Crippen LogP contribution in [0.1, 0.15) is 0 Å². The number of halogens is 3. The van der Waals surface area contributed by atoms with E-state index in [0.717, 1.165) is 12.1 Å². The number of piperazine rings is 1. The SMILES string of the molecule is O=S(=O)(c1ccc(F)cc1Br)N1CCN(c2cc(Cl)ncn2)CC1. The summed E-state index contributed by atoms with van der Waals surface area (Å²) in [5, 5.41) is 0.338. The number of anilines is 1. The maximum atomic E-state index is 13.2. The molecule has 24 heavy (non-hydrogen) atoms. The van der Waals surface area contributed by atoms with E-state index in [0.29, 0.717) is 37.1 Å². The summed E-state index contributed by atoms with van der Waals surface area (Å²) < 4.78 is 40.2. The molecule has 0 saturated carbocycles. The van der Waals surface area contributed by atoms with Gasteiger partial charge in [0.1, 0.15) is 23.1 Å². The zero-order valence-corrected chi connectivity index (χ0v) is 15.5. The lowest BCUT2D eigenvalue weighted by molar-refractivity contribution is 0.383. The van der Waals surface area contributed by atoms with Crippen LogP contribution in [0.4, 0.5) is 10.2 Å². The minimum Gasteiger partial charge on any atom is -0.354 e. The highest BCUT2D eigenvalue weighted by Crippen LogP contribution is 2.27. The van der Waals surface area contributed by atoms with E-state index in [1.165, 1.54) is 16.7 Å². The molecule has 0 unspecified atom stereocenters. The molecule has 2 aromatic rings. The first kappa shape index (κ1) is 17.5. The quantitative estimate of drug-likeness (QED) is 0.693. The third kappa shape index (κ3) is 3.53. The van der Waals surface area contributed by atoms with Crippen LogP contribution in [0.15, 0.2) is 40.0 Å². The van der Waals surface area contributed by atoms with Gasteiger partial charge in [0.15, 0.2) is 0 Å². The van der Waals surface area contributed by atoms with Gasteiger partial charge in [-0.15, -0.1) is 0 Å². The summed E-state index contributed by atoms with van der Waals surface area (Å²) in [4.78, 5) is 9.98. The molecule has 128 valence electrons. The fourth-order valence-corrected chi connectivity index (χ4v) is 5.05. The number of hydrogen-bond acceptors (Lipinski definition) is 5. The van der Waals surface area contributed by atoms with Gasteiger partial charge < -0.3 is 4.90 Å². The van der Waals surface area contributed by atoms with E-state index < -0.39 is 15.8 Å². The number of aromatic nitrogens is 2. The van der Waals surface area contributed by atoms with E-state index in [9.17, 15) is 12.8 Å². The summed E-state index contributed by atoms with van der Waals surface area (Å²) in [6.07, 6.45) is 1.37. The van der Waals surface area contributed by atoms with Gasteiger partial charge in [-0.25, -0.2) is 22.8 Å². The normalized spacial score (nSPS) is 16.4. The number of nitrogens with zero attached hydrogens (tertiary/aromatic N) is 4. The molecule has 1 aromatic carbocycles. The van der Waals surface area contributed by atoms with Crippen LogP contribution < -0.4 is 4.90 Å². The second-order valence-corrected chi connectivity index (χ2v) is 8.31. The minimum atomic E-state index is -3.69. The van der Waals surface area contributed by atoms with Crippen molar-refractivity contribution in [1.29, 1.82) is 0 Å². The summed E-state index contributed by atoms with van der Waals surface area (Å²) in [6.45, 7) is 1.55. The number of benzene rings is 1. The van der Waals surface area contributed by atoms with Gasteiger partial charge in [0, 0.05) is 36.7 Å². The monoisotopic (exact) mass is 434 g/mol. The highest BCUT2D eigenvalue weighted by atomic mass is 79.9. The van der Waals surface area contributed by atoms with Gasteiger partial charge in [-0.05, 0) is 34.1 Å². The van der Waals surface area contributed by atoms with Crippen molar-refractivity contribution >= 4 is 43.4 Å². The predicted molar refractivity (Wildman–Crippen MR) is 92.1 cm³/mol. The third-order valence-corrected chi connectivity index (χ3v) is 6.78. The summed E-state index contributed by atoms with van der Waals surface area (Å²) in [5.74, 6) is 0.168.